The second-order valence-corrected chi connectivity index (χ2v) is 5.28. The summed E-state index contributed by atoms with van der Waals surface area (Å²) in [6.07, 6.45) is 2.48. The van der Waals surface area contributed by atoms with Crippen LogP contribution in [0.1, 0.15) is 46.0 Å². The molecule has 0 rings (SSSR count). The SMILES string of the molecule is COC(=O)C(C)OCCCCCC(=O)OCC[C@H](C)C(=O)OC. The molecule has 0 aromatic carbocycles. The smallest absolute Gasteiger partial charge is 0.334 e. The molecule has 0 aromatic heterocycles. The monoisotopic (exact) mass is 332 g/mol. The number of ether oxygens (including phenoxy) is 4. The van der Waals surface area contributed by atoms with E-state index in [0.29, 0.717) is 25.9 Å². The molecule has 1 unspecified atom stereocenters. The second-order valence-electron chi connectivity index (χ2n) is 5.28. The van der Waals surface area contributed by atoms with Crippen molar-refractivity contribution in [1.29, 1.82) is 0 Å². The molecule has 23 heavy (non-hydrogen) atoms. The highest BCUT2D eigenvalue weighted by Crippen LogP contribution is 2.07. The van der Waals surface area contributed by atoms with Crippen LogP contribution in [0.25, 0.3) is 0 Å². The van der Waals surface area contributed by atoms with E-state index in [-0.39, 0.29) is 24.5 Å². The number of hydrogen-bond acceptors (Lipinski definition) is 7. The van der Waals surface area contributed by atoms with Crippen LogP contribution in [-0.4, -0.2) is 51.4 Å². The Morgan fingerprint density at radius 1 is 0.870 bits per heavy atom. The Bertz CT molecular complexity index is 367. The Hall–Kier alpha value is -1.63. The van der Waals surface area contributed by atoms with Gasteiger partial charge in [-0.3, -0.25) is 9.59 Å². The van der Waals surface area contributed by atoms with Gasteiger partial charge in [0.05, 0.1) is 26.7 Å². The van der Waals surface area contributed by atoms with Crippen molar-refractivity contribution in [2.75, 3.05) is 27.4 Å². The number of carbonyl (C=O) groups excluding carboxylic acids is 3. The van der Waals surface area contributed by atoms with Crippen LogP contribution >= 0.6 is 0 Å². The number of methoxy groups -OCH3 is 2. The van der Waals surface area contributed by atoms with E-state index in [1.165, 1.54) is 14.2 Å². The van der Waals surface area contributed by atoms with Crippen molar-refractivity contribution in [2.45, 2.75) is 52.1 Å². The molecule has 0 aliphatic carbocycles. The van der Waals surface area contributed by atoms with Crippen LogP contribution in [-0.2, 0) is 33.3 Å². The van der Waals surface area contributed by atoms with Gasteiger partial charge in [0.1, 0.15) is 0 Å². The Morgan fingerprint density at radius 3 is 2.13 bits per heavy atom. The minimum atomic E-state index is -0.568. The second kappa shape index (κ2) is 12.9. The Labute approximate surface area is 137 Å². The summed E-state index contributed by atoms with van der Waals surface area (Å²) in [5, 5.41) is 0. The summed E-state index contributed by atoms with van der Waals surface area (Å²) in [6, 6.07) is 0. The van der Waals surface area contributed by atoms with Gasteiger partial charge in [-0.25, -0.2) is 4.79 Å². The number of unbranched alkanes of at least 4 members (excludes halogenated alkanes) is 2. The molecule has 0 radical (unpaired) electrons. The lowest BCUT2D eigenvalue weighted by atomic mass is 10.1. The molecule has 0 saturated carbocycles. The van der Waals surface area contributed by atoms with E-state index < -0.39 is 12.1 Å². The zero-order chi connectivity index (χ0) is 17.7. The molecule has 0 bridgehead atoms. The van der Waals surface area contributed by atoms with E-state index in [9.17, 15) is 14.4 Å². The summed E-state index contributed by atoms with van der Waals surface area (Å²) in [4.78, 5) is 33.8. The van der Waals surface area contributed by atoms with Gasteiger partial charge in [-0.2, -0.15) is 0 Å². The third-order valence-electron chi connectivity index (χ3n) is 3.34. The van der Waals surface area contributed by atoms with Crippen molar-refractivity contribution in [1.82, 2.24) is 0 Å². The standard InChI is InChI=1S/C16H28O7/c1-12(15(18)20-3)9-11-23-14(17)8-6-5-7-10-22-13(2)16(19)21-4/h12-13H,5-11H2,1-4H3/t12-,13?/m0/s1. The molecule has 0 aliphatic rings. The number of carbonyl (C=O) groups is 3. The summed E-state index contributed by atoms with van der Waals surface area (Å²) in [5.74, 6) is -1.25. The molecular formula is C16H28O7. The van der Waals surface area contributed by atoms with Gasteiger partial charge < -0.3 is 18.9 Å². The maximum absolute atomic E-state index is 11.5. The fourth-order valence-electron chi connectivity index (χ4n) is 1.78. The van der Waals surface area contributed by atoms with Crippen molar-refractivity contribution in [2.24, 2.45) is 5.92 Å². The van der Waals surface area contributed by atoms with Gasteiger partial charge in [-0.15, -0.1) is 0 Å². The average Bonchev–Trinajstić information content (AvgIpc) is 2.55. The Morgan fingerprint density at radius 2 is 1.52 bits per heavy atom. The topological polar surface area (TPSA) is 88.1 Å². The molecule has 0 fully saturated rings. The summed E-state index contributed by atoms with van der Waals surface area (Å²) >= 11 is 0. The van der Waals surface area contributed by atoms with Gasteiger partial charge in [0, 0.05) is 13.0 Å². The van der Waals surface area contributed by atoms with Crippen LogP contribution in [0, 0.1) is 5.92 Å². The third kappa shape index (κ3) is 10.7. The van der Waals surface area contributed by atoms with Gasteiger partial charge in [0.25, 0.3) is 0 Å². The zero-order valence-corrected chi connectivity index (χ0v) is 14.5. The highest BCUT2D eigenvalue weighted by molar-refractivity contribution is 5.74. The summed E-state index contributed by atoms with van der Waals surface area (Å²) in [6.45, 7) is 4.03. The molecule has 7 nitrogen and oxygen atoms in total. The van der Waals surface area contributed by atoms with Crippen LogP contribution in [0.5, 0.6) is 0 Å². The first-order valence-electron chi connectivity index (χ1n) is 7.85. The third-order valence-corrected chi connectivity index (χ3v) is 3.34. The molecular weight excluding hydrogens is 304 g/mol. The molecule has 134 valence electrons. The van der Waals surface area contributed by atoms with Crippen LogP contribution in [0.2, 0.25) is 0 Å². The molecule has 2 atom stereocenters. The fourth-order valence-corrected chi connectivity index (χ4v) is 1.78. The lowest BCUT2D eigenvalue weighted by Gasteiger charge is -2.10. The van der Waals surface area contributed by atoms with Gasteiger partial charge in [-0.1, -0.05) is 13.3 Å². The van der Waals surface area contributed by atoms with E-state index in [1.807, 2.05) is 0 Å². The maximum Gasteiger partial charge on any atom is 0.334 e. The highest BCUT2D eigenvalue weighted by Gasteiger charge is 2.14. The molecule has 0 N–H and O–H groups in total. The summed E-state index contributed by atoms with van der Waals surface area (Å²) < 4.78 is 19.5. The van der Waals surface area contributed by atoms with Gasteiger partial charge >= 0.3 is 17.9 Å². The quantitative estimate of drug-likeness (QED) is 0.306. The predicted molar refractivity (Wildman–Crippen MR) is 82.7 cm³/mol. The van der Waals surface area contributed by atoms with Crippen molar-refractivity contribution < 1.29 is 33.3 Å². The summed E-state index contributed by atoms with van der Waals surface area (Å²) in [5.41, 5.74) is 0. The average molecular weight is 332 g/mol. The number of esters is 3. The Kier molecular flexibility index (Phi) is 12.0. The van der Waals surface area contributed by atoms with E-state index in [2.05, 4.69) is 9.47 Å². The fraction of sp³-hybridized carbons (Fsp3) is 0.812. The van der Waals surface area contributed by atoms with Gasteiger partial charge in [0.15, 0.2) is 6.10 Å². The largest absolute Gasteiger partial charge is 0.469 e. The molecule has 7 heteroatoms. The first-order chi connectivity index (χ1) is 10.9. The van der Waals surface area contributed by atoms with E-state index in [1.54, 1.807) is 13.8 Å². The lowest BCUT2D eigenvalue weighted by Crippen LogP contribution is -2.22. The first kappa shape index (κ1) is 21.4. The van der Waals surface area contributed by atoms with Crippen LogP contribution in [0.3, 0.4) is 0 Å². The van der Waals surface area contributed by atoms with Crippen molar-refractivity contribution in [3.63, 3.8) is 0 Å². The minimum Gasteiger partial charge on any atom is -0.469 e. The van der Waals surface area contributed by atoms with Crippen LogP contribution < -0.4 is 0 Å². The zero-order valence-electron chi connectivity index (χ0n) is 14.5. The lowest BCUT2D eigenvalue weighted by molar-refractivity contribution is -0.153. The highest BCUT2D eigenvalue weighted by atomic mass is 16.6. The predicted octanol–water partition coefficient (Wildman–Crippen LogP) is 1.87. The summed E-state index contributed by atoms with van der Waals surface area (Å²) in [7, 11) is 2.65. The number of hydrogen-bond donors (Lipinski definition) is 0. The van der Waals surface area contributed by atoms with Crippen molar-refractivity contribution >= 4 is 17.9 Å². The first-order valence-corrected chi connectivity index (χ1v) is 7.85. The van der Waals surface area contributed by atoms with Crippen LogP contribution in [0.15, 0.2) is 0 Å². The molecule has 0 heterocycles. The van der Waals surface area contributed by atoms with E-state index in [4.69, 9.17) is 9.47 Å². The molecule has 0 spiro atoms. The van der Waals surface area contributed by atoms with Crippen LogP contribution in [0.4, 0.5) is 0 Å². The normalized spacial score (nSPS) is 13.0. The number of rotatable bonds is 12. The molecule has 0 aliphatic heterocycles. The maximum atomic E-state index is 11.5. The minimum absolute atomic E-state index is 0.217. The van der Waals surface area contributed by atoms with Gasteiger partial charge in [0.2, 0.25) is 0 Å². The van der Waals surface area contributed by atoms with Gasteiger partial charge in [-0.05, 0) is 26.2 Å². The molecule has 0 aromatic rings. The molecule has 0 saturated heterocycles. The van der Waals surface area contributed by atoms with Crippen molar-refractivity contribution in [3.05, 3.63) is 0 Å². The molecule has 0 amide bonds. The Balaban J connectivity index is 3.54. The van der Waals surface area contributed by atoms with E-state index >= 15 is 0 Å². The van der Waals surface area contributed by atoms with E-state index in [0.717, 1.165) is 12.8 Å². The van der Waals surface area contributed by atoms with Crippen molar-refractivity contribution in [3.8, 4) is 0 Å².